The topological polar surface area (TPSA) is 93.7 Å². The Morgan fingerprint density at radius 1 is 1.21 bits per heavy atom. The predicted octanol–water partition coefficient (Wildman–Crippen LogP) is -0.651. The average molecular weight is 272 g/mol. The molecule has 0 radical (unpaired) electrons. The molecule has 1 saturated heterocycles. The fourth-order valence-corrected chi connectivity index (χ4v) is 1.82. The Morgan fingerprint density at radius 3 is 2.21 bits per heavy atom. The Kier molecular flexibility index (Phi) is 6.27. The first kappa shape index (κ1) is 15.4. The monoisotopic (exact) mass is 272 g/mol. The molecule has 1 aliphatic heterocycles. The Labute approximate surface area is 112 Å². The minimum absolute atomic E-state index is 0.131. The van der Waals surface area contributed by atoms with Crippen LogP contribution in [0, 0.1) is 0 Å². The van der Waals surface area contributed by atoms with E-state index in [2.05, 4.69) is 10.6 Å². The highest BCUT2D eigenvalue weighted by molar-refractivity contribution is 6.03. The number of esters is 2. The summed E-state index contributed by atoms with van der Waals surface area (Å²) in [5, 5.41) is 5.36. The van der Waals surface area contributed by atoms with Gasteiger partial charge in [-0.2, -0.15) is 0 Å². The molecular formula is C12H20N2O5. The second kappa shape index (κ2) is 7.73. The second-order valence-electron chi connectivity index (χ2n) is 4.09. The molecule has 7 heteroatoms. The Balaban J connectivity index is 2.64. The summed E-state index contributed by atoms with van der Waals surface area (Å²) in [5.74, 6) is -1.98. The van der Waals surface area contributed by atoms with Crippen LogP contribution in [0.25, 0.3) is 0 Å². The second-order valence-corrected chi connectivity index (χ2v) is 4.09. The molecule has 1 rings (SSSR count). The van der Waals surface area contributed by atoms with Crippen molar-refractivity contribution in [3.63, 3.8) is 0 Å². The highest BCUT2D eigenvalue weighted by atomic mass is 16.6. The van der Waals surface area contributed by atoms with Crippen LogP contribution in [0.15, 0.2) is 0 Å². The van der Waals surface area contributed by atoms with Crippen LogP contribution in [0.2, 0.25) is 0 Å². The van der Waals surface area contributed by atoms with Gasteiger partial charge in [0.2, 0.25) is 11.9 Å². The van der Waals surface area contributed by atoms with Gasteiger partial charge in [0, 0.05) is 0 Å². The lowest BCUT2D eigenvalue weighted by Crippen LogP contribution is -2.52. The van der Waals surface area contributed by atoms with Crippen molar-refractivity contribution in [3.8, 4) is 0 Å². The minimum atomic E-state index is -1.39. The van der Waals surface area contributed by atoms with E-state index in [1.165, 1.54) is 0 Å². The summed E-state index contributed by atoms with van der Waals surface area (Å²) in [4.78, 5) is 35.2. The van der Waals surface area contributed by atoms with Gasteiger partial charge in [0.05, 0.1) is 19.3 Å². The van der Waals surface area contributed by atoms with Crippen LogP contribution in [-0.2, 0) is 23.9 Å². The molecular weight excluding hydrogens is 252 g/mol. The first-order chi connectivity index (χ1) is 9.10. The summed E-state index contributed by atoms with van der Waals surface area (Å²) in [6.45, 7) is 4.26. The number of hydrogen-bond acceptors (Lipinski definition) is 6. The molecule has 0 spiro atoms. The smallest absolute Gasteiger partial charge is 0.340 e. The van der Waals surface area contributed by atoms with Crippen molar-refractivity contribution >= 4 is 17.8 Å². The van der Waals surface area contributed by atoms with Gasteiger partial charge < -0.3 is 20.1 Å². The lowest BCUT2D eigenvalue weighted by molar-refractivity contribution is -0.159. The van der Waals surface area contributed by atoms with Gasteiger partial charge in [-0.15, -0.1) is 0 Å². The molecule has 1 amide bonds. The third kappa shape index (κ3) is 4.51. The molecule has 0 aromatic carbocycles. The summed E-state index contributed by atoms with van der Waals surface area (Å²) >= 11 is 0. The Bertz CT molecular complexity index is 321. The number of nitrogens with one attached hydrogen (secondary N) is 2. The van der Waals surface area contributed by atoms with Crippen LogP contribution in [0.1, 0.15) is 26.7 Å². The SMILES string of the molecule is CCOC(=O)C(NC(=O)C1CCCN1)C(=O)OCC. The van der Waals surface area contributed by atoms with E-state index < -0.39 is 18.0 Å². The molecule has 1 atom stereocenters. The maximum absolute atomic E-state index is 11.9. The standard InChI is InChI=1S/C12H20N2O5/c1-3-18-11(16)9(12(17)19-4-2)14-10(15)8-6-5-7-13-8/h8-9,13H,3-7H2,1-2H3,(H,14,15). The third-order valence-electron chi connectivity index (χ3n) is 2.71. The van der Waals surface area contributed by atoms with Gasteiger partial charge in [-0.05, 0) is 33.2 Å². The van der Waals surface area contributed by atoms with Gasteiger partial charge in [-0.25, -0.2) is 9.59 Å². The summed E-state index contributed by atoms with van der Waals surface area (Å²) in [5.41, 5.74) is 0. The van der Waals surface area contributed by atoms with Gasteiger partial charge in [-0.3, -0.25) is 4.79 Å². The molecule has 7 nitrogen and oxygen atoms in total. The first-order valence-corrected chi connectivity index (χ1v) is 6.47. The number of carbonyl (C=O) groups is 3. The molecule has 1 unspecified atom stereocenters. The number of ether oxygens (including phenoxy) is 2. The van der Waals surface area contributed by atoms with E-state index in [-0.39, 0.29) is 25.2 Å². The fourth-order valence-electron chi connectivity index (χ4n) is 1.82. The lowest BCUT2D eigenvalue weighted by Gasteiger charge is -2.18. The van der Waals surface area contributed by atoms with Gasteiger partial charge in [0.15, 0.2) is 0 Å². The number of amides is 1. The zero-order chi connectivity index (χ0) is 14.3. The van der Waals surface area contributed by atoms with Crippen LogP contribution in [0.3, 0.4) is 0 Å². The van der Waals surface area contributed by atoms with E-state index >= 15 is 0 Å². The van der Waals surface area contributed by atoms with Crippen LogP contribution >= 0.6 is 0 Å². The van der Waals surface area contributed by atoms with Gasteiger partial charge in [-0.1, -0.05) is 0 Å². The zero-order valence-corrected chi connectivity index (χ0v) is 11.2. The summed E-state index contributed by atoms with van der Waals surface area (Å²) in [6, 6.07) is -1.76. The summed E-state index contributed by atoms with van der Waals surface area (Å²) < 4.78 is 9.52. The zero-order valence-electron chi connectivity index (χ0n) is 11.2. The van der Waals surface area contributed by atoms with Crippen molar-refractivity contribution in [3.05, 3.63) is 0 Å². The first-order valence-electron chi connectivity index (χ1n) is 6.47. The van der Waals surface area contributed by atoms with Crippen molar-refractivity contribution in [2.75, 3.05) is 19.8 Å². The van der Waals surface area contributed by atoms with E-state index in [9.17, 15) is 14.4 Å². The van der Waals surface area contributed by atoms with Gasteiger partial charge >= 0.3 is 11.9 Å². The van der Waals surface area contributed by atoms with Crippen molar-refractivity contribution in [2.24, 2.45) is 0 Å². The van der Waals surface area contributed by atoms with E-state index in [0.29, 0.717) is 6.42 Å². The van der Waals surface area contributed by atoms with Crippen LogP contribution < -0.4 is 10.6 Å². The molecule has 1 heterocycles. The number of carbonyl (C=O) groups excluding carboxylic acids is 3. The average Bonchev–Trinajstić information content (AvgIpc) is 2.90. The van der Waals surface area contributed by atoms with Crippen LogP contribution in [0.4, 0.5) is 0 Å². The maximum Gasteiger partial charge on any atom is 0.340 e. The molecule has 19 heavy (non-hydrogen) atoms. The summed E-state index contributed by atoms with van der Waals surface area (Å²) in [6.07, 6.45) is 1.58. The van der Waals surface area contributed by atoms with E-state index in [1.807, 2.05) is 0 Å². The van der Waals surface area contributed by atoms with Crippen molar-refractivity contribution in [2.45, 2.75) is 38.8 Å². The quantitative estimate of drug-likeness (QED) is 0.493. The van der Waals surface area contributed by atoms with Gasteiger partial charge in [0.25, 0.3) is 0 Å². The largest absolute Gasteiger partial charge is 0.464 e. The van der Waals surface area contributed by atoms with E-state index in [1.54, 1.807) is 13.8 Å². The Hall–Kier alpha value is -1.63. The molecule has 1 fully saturated rings. The number of rotatable bonds is 6. The Morgan fingerprint density at radius 2 is 1.79 bits per heavy atom. The summed E-state index contributed by atoms with van der Waals surface area (Å²) in [7, 11) is 0. The van der Waals surface area contributed by atoms with E-state index in [4.69, 9.17) is 9.47 Å². The van der Waals surface area contributed by atoms with E-state index in [0.717, 1.165) is 13.0 Å². The molecule has 0 saturated carbocycles. The fraction of sp³-hybridized carbons (Fsp3) is 0.750. The highest BCUT2D eigenvalue weighted by Crippen LogP contribution is 2.05. The molecule has 0 bridgehead atoms. The normalized spacial score (nSPS) is 18.2. The van der Waals surface area contributed by atoms with Crippen molar-refractivity contribution in [1.29, 1.82) is 0 Å². The van der Waals surface area contributed by atoms with Crippen LogP contribution in [0.5, 0.6) is 0 Å². The third-order valence-corrected chi connectivity index (χ3v) is 2.71. The van der Waals surface area contributed by atoms with Crippen LogP contribution in [-0.4, -0.2) is 49.7 Å². The molecule has 2 N–H and O–H groups in total. The number of hydrogen-bond donors (Lipinski definition) is 2. The lowest BCUT2D eigenvalue weighted by atomic mass is 10.2. The highest BCUT2D eigenvalue weighted by Gasteiger charge is 2.34. The molecule has 0 aliphatic carbocycles. The maximum atomic E-state index is 11.9. The predicted molar refractivity (Wildman–Crippen MR) is 66.2 cm³/mol. The molecule has 0 aromatic heterocycles. The minimum Gasteiger partial charge on any atom is -0.464 e. The molecule has 108 valence electrons. The van der Waals surface area contributed by atoms with Gasteiger partial charge in [0.1, 0.15) is 0 Å². The van der Waals surface area contributed by atoms with Crippen molar-refractivity contribution < 1.29 is 23.9 Å². The molecule has 1 aliphatic rings. The molecule has 0 aromatic rings. The van der Waals surface area contributed by atoms with Crippen molar-refractivity contribution in [1.82, 2.24) is 10.6 Å².